The normalized spacial score (nSPS) is 19.1. The van der Waals surface area contributed by atoms with Crippen LogP contribution < -0.4 is 27.8 Å². The zero-order chi connectivity index (χ0) is 26.0. The molecule has 0 aromatic carbocycles. The molecule has 12 nitrogen and oxygen atoms in total. The lowest BCUT2D eigenvalue weighted by atomic mass is 9.96. The molecule has 5 unspecified atom stereocenters. The summed E-state index contributed by atoms with van der Waals surface area (Å²) in [5, 5.41) is 14.9. The van der Waals surface area contributed by atoms with Crippen molar-refractivity contribution in [2.75, 3.05) is 13.1 Å². The van der Waals surface area contributed by atoms with Crippen LogP contribution in [0.15, 0.2) is 4.99 Å². The van der Waals surface area contributed by atoms with Crippen molar-refractivity contribution in [2.24, 2.45) is 34.0 Å². The van der Waals surface area contributed by atoms with Crippen molar-refractivity contribution in [1.82, 2.24) is 15.5 Å². The molecule has 1 aliphatic rings. The molecule has 0 aliphatic carbocycles. The van der Waals surface area contributed by atoms with Crippen LogP contribution in [0.5, 0.6) is 0 Å². The third-order valence-electron chi connectivity index (χ3n) is 6.20. The number of hydrogen-bond donors (Lipinski definition) is 6. The number of carboxylic acid groups (broad SMARTS) is 1. The number of nitrogens with two attached hydrogens (primary N) is 3. The van der Waals surface area contributed by atoms with E-state index >= 15 is 0 Å². The maximum Gasteiger partial charge on any atom is 0.326 e. The molecular formula is C22H41N7O5. The van der Waals surface area contributed by atoms with Crippen LogP contribution in [0.25, 0.3) is 0 Å². The smallest absolute Gasteiger partial charge is 0.326 e. The molecule has 0 aromatic rings. The van der Waals surface area contributed by atoms with E-state index in [2.05, 4.69) is 15.6 Å². The Morgan fingerprint density at radius 1 is 1.12 bits per heavy atom. The highest BCUT2D eigenvalue weighted by molar-refractivity contribution is 5.94. The van der Waals surface area contributed by atoms with Crippen LogP contribution >= 0.6 is 0 Å². The van der Waals surface area contributed by atoms with Crippen molar-refractivity contribution in [1.29, 1.82) is 0 Å². The highest BCUT2D eigenvalue weighted by atomic mass is 16.4. The molecule has 1 aliphatic heterocycles. The van der Waals surface area contributed by atoms with Gasteiger partial charge in [0.1, 0.15) is 18.1 Å². The van der Waals surface area contributed by atoms with E-state index in [0.717, 1.165) is 0 Å². The molecule has 0 bridgehead atoms. The third kappa shape index (κ3) is 8.47. The van der Waals surface area contributed by atoms with E-state index in [-0.39, 0.29) is 30.8 Å². The first-order chi connectivity index (χ1) is 15.9. The number of aliphatic carboxylic acids is 1. The monoisotopic (exact) mass is 483 g/mol. The molecule has 9 N–H and O–H groups in total. The molecular weight excluding hydrogens is 442 g/mol. The van der Waals surface area contributed by atoms with E-state index in [1.165, 1.54) is 4.90 Å². The standard InChI is InChI=1S/C22H41N7O5/c1-5-13(4)17(20(32)29-11-7-9-15(29)21(33)34)28-18(30)14(8-6-10-26-22(24)25)27-19(31)16(23)12(2)3/h12-17H,5-11,23H2,1-4H3,(H,27,31)(H,28,30)(H,33,34)(H4,24,25,26). The van der Waals surface area contributed by atoms with Crippen LogP contribution in [0, 0.1) is 11.8 Å². The second kappa shape index (κ2) is 13.7. The fraction of sp³-hybridized carbons (Fsp3) is 0.773. The lowest BCUT2D eigenvalue weighted by Crippen LogP contribution is -2.59. The van der Waals surface area contributed by atoms with Gasteiger partial charge in [-0.1, -0.05) is 34.1 Å². The van der Waals surface area contributed by atoms with E-state index < -0.39 is 47.9 Å². The van der Waals surface area contributed by atoms with Gasteiger partial charge in [-0.15, -0.1) is 0 Å². The molecule has 34 heavy (non-hydrogen) atoms. The van der Waals surface area contributed by atoms with E-state index in [4.69, 9.17) is 17.2 Å². The van der Waals surface area contributed by atoms with Crippen LogP contribution in [-0.2, 0) is 19.2 Å². The molecule has 1 saturated heterocycles. The summed E-state index contributed by atoms with van der Waals surface area (Å²) in [6.45, 7) is 7.87. The minimum atomic E-state index is -1.06. The Labute approximate surface area is 201 Å². The number of hydrogen-bond acceptors (Lipinski definition) is 6. The minimum absolute atomic E-state index is 0.0760. The highest BCUT2D eigenvalue weighted by Gasteiger charge is 2.40. The largest absolute Gasteiger partial charge is 0.480 e. The number of nitrogens with one attached hydrogen (secondary N) is 2. The van der Waals surface area contributed by atoms with E-state index in [1.807, 2.05) is 13.8 Å². The van der Waals surface area contributed by atoms with Gasteiger partial charge in [-0.3, -0.25) is 19.4 Å². The van der Waals surface area contributed by atoms with Crippen molar-refractivity contribution in [3.63, 3.8) is 0 Å². The Hall–Kier alpha value is -2.89. The van der Waals surface area contributed by atoms with Crippen LogP contribution in [-0.4, -0.2) is 76.9 Å². The SMILES string of the molecule is CCC(C)C(NC(=O)C(CCCN=C(N)N)NC(=O)C(N)C(C)C)C(=O)N1CCCC1C(=O)O. The summed E-state index contributed by atoms with van der Waals surface area (Å²) in [6.07, 6.45) is 2.17. The van der Waals surface area contributed by atoms with Crippen LogP contribution in [0.1, 0.15) is 59.8 Å². The Balaban J connectivity index is 3.05. The summed E-state index contributed by atoms with van der Waals surface area (Å²) in [5.74, 6) is -2.98. The zero-order valence-corrected chi connectivity index (χ0v) is 20.6. The number of carbonyl (C=O) groups excluding carboxylic acids is 3. The summed E-state index contributed by atoms with van der Waals surface area (Å²) in [5.41, 5.74) is 16.6. The minimum Gasteiger partial charge on any atom is -0.480 e. The maximum absolute atomic E-state index is 13.3. The highest BCUT2D eigenvalue weighted by Crippen LogP contribution is 2.21. The quantitative estimate of drug-likeness (QED) is 0.110. The number of nitrogens with zero attached hydrogens (tertiary/aromatic N) is 2. The van der Waals surface area contributed by atoms with Gasteiger partial charge in [-0.25, -0.2) is 4.79 Å². The van der Waals surface area contributed by atoms with Crippen molar-refractivity contribution in [2.45, 2.75) is 84.0 Å². The summed E-state index contributed by atoms with van der Waals surface area (Å²) < 4.78 is 0. The number of carbonyl (C=O) groups is 4. The van der Waals surface area contributed by atoms with E-state index in [9.17, 15) is 24.3 Å². The van der Waals surface area contributed by atoms with Crippen LogP contribution in [0.3, 0.4) is 0 Å². The van der Waals surface area contributed by atoms with Crippen LogP contribution in [0.2, 0.25) is 0 Å². The molecule has 0 radical (unpaired) electrons. The molecule has 1 heterocycles. The number of guanidine groups is 1. The molecule has 1 fully saturated rings. The summed E-state index contributed by atoms with van der Waals surface area (Å²) in [7, 11) is 0. The number of aliphatic imine (C=N–C) groups is 1. The summed E-state index contributed by atoms with van der Waals surface area (Å²) in [4.78, 5) is 55.8. The Morgan fingerprint density at radius 2 is 1.76 bits per heavy atom. The molecule has 194 valence electrons. The predicted molar refractivity (Wildman–Crippen MR) is 128 cm³/mol. The maximum atomic E-state index is 13.3. The second-order valence-electron chi connectivity index (χ2n) is 9.18. The lowest BCUT2D eigenvalue weighted by molar-refractivity contribution is -0.150. The van der Waals surface area contributed by atoms with Gasteiger partial charge in [0, 0.05) is 13.1 Å². The number of rotatable bonds is 13. The first kappa shape index (κ1) is 29.1. The van der Waals surface area contributed by atoms with Crippen LogP contribution in [0.4, 0.5) is 0 Å². The van der Waals surface area contributed by atoms with Gasteiger partial charge in [0.2, 0.25) is 17.7 Å². The van der Waals surface area contributed by atoms with Crippen molar-refractivity contribution in [3.05, 3.63) is 0 Å². The van der Waals surface area contributed by atoms with E-state index in [1.54, 1.807) is 13.8 Å². The third-order valence-corrected chi connectivity index (χ3v) is 6.20. The van der Waals surface area contributed by atoms with E-state index in [0.29, 0.717) is 32.2 Å². The van der Waals surface area contributed by atoms with Crippen molar-refractivity contribution >= 4 is 29.7 Å². The predicted octanol–water partition coefficient (Wildman–Crippen LogP) is -0.885. The van der Waals surface area contributed by atoms with Gasteiger partial charge in [0.15, 0.2) is 5.96 Å². The number of carboxylic acids is 1. The lowest BCUT2D eigenvalue weighted by Gasteiger charge is -2.31. The average molecular weight is 484 g/mol. The molecule has 0 spiro atoms. The van der Waals surface area contributed by atoms with Gasteiger partial charge in [-0.05, 0) is 37.5 Å². The molecule has 3 amide bonds. The molecule has 0 aromatic heterocycles. The second-order valence-corrected chi connectivity index (χ2v) is 9.18. The van der Waals surface area contributed by atoms with Gasteiger partial charge < -0.3 is 37.8 Å². The van der Waals surface area contributed by atoms with Crippen molar-refractivity contribution in [3.8, 4) is 0 Å². The van der Waals surface area contributed by atoms with Gasteiger partial charge in [0.25, 0.3) is 0 Å². The first-order valence-corrected chi connectivity index (χ1v) is 11.9. The Morgan fingerprint density at radius 3 is 2.29 bits per heavy atom. The zero-order valence-electron chi connectivity index (χ0n) is 20.6. The Bertz CT molecular complexity index is 754. The number of amides is 3. The summed E-state index contributed by atoms with van der Waals surface area (Å²) in [6, 6.07) is -3.59. The average Bonchev–Trinajstić information content (AvgIpc) is 3.27. The van der Waals surface area contributed by atoms with Gasteiger partial charge in [0.05, 0.1) is 6.04 Å². The fourth-order valence-corrected chi connectivity index (χ4v) is 3.75. The number of likely N-dealkylation sites (tertiary alicyclic amines) is 1. The fourth-order valence-electron chi connectivity index (χ4n) is 3.75. The summed E-state index contributed by atoms with van der Waals surface area (Å²) >= 11 is 0. The molecule has 12 heteroatoms. The Kier molecular flexibility index (Phi) is 11.8. The van der Waals surface area contributed by atoms with Crippen molar-refractivity contribution < 1.29 is 24.3 Å². The molecule has 5 atom stereocenters. The molecule has 1 rings (SSSR count). The molecule has 0 saturated carbocycles. The van der Waals surface area contributed by atoms with Gasteiger partial charge in [-0.2, -0.15) is 0 Å². The van der Waals surface area contributed by atoms with Gasteiger partial charge >= 0.3 is 5.97 Å². The topological polar surface area (TPSA) is 206 Å². The first-order valence-electron chi connectivity index (χ1n) is 11.9.